The van der Waals surface area contributed by atoms with Crippen molar-refractivity contribution in [3.8, 4) is 0 Å². The molecule has 0 radical (unpaired) electrons. The number of thiazole rings is 1. The van der Waals surface area contributed by atoms with Gasteiger partial charge in [-0.05, 0) is 25.6 Å². The van der Waals surface area contributed by atoms with Gasteiger partial charge in [-0.3, -0.25) is 14.6 Å². The van der Waals surface area contributed by atoms with Crippen LogP contribution in [-0.2, 0) is 21.2 Å². The van der Waals surface area contributed by atoms with Crippen LogP contribution in [0, 0.1) is 0 Å². The summed E-state index contributed by atoms with van der Waals surface area (Å²) in [6.45, 7) is 3.88. The van der Waals surface area contributed by atoms with Gasteiger partial charge in [0.05, 0.1) is 34.8 Å². The van der Waals surface area contributed by atoms with Gasteiger partial charge in [0.15, 0.2) is 9.84 Å². The summed E-state index contributed by atoms with van der Waals surface area (Å²) in [4.78, 5) is 23.4. The molecule has 1 aromatic heterocycles. The number of piperazine rings is 1. The summed E-state index contributed by atoms with van der Waals surface area (Å²) < 4.78 is 24.5. The Morgan fingerprint density at radius 1 is 1.25 bits per heavy atom. The van der Waals surface area contributed by atoms with Crippen LogP contribution >= 0.6 is 11.3 Å². The number of carbonyl (C=O) groups is 1. The van der Waals surface area contributed by atoms with E-state index in [1.807, 2.05) is 35.0 Å². The molecule has 2 fully saturated rings. The summed E-state index contributed by atoms with van der Waals surface area (Å²) in [5.74, 6) is 0.696. The number of rotatable bonds is 5. The second-order valence-electron chi connectivity index (χ2n) is 7.72. The molecular weight excluding hydrogens is 396 g/mol. The summed E-state index contributed by atoms with van der Waals surface area (Å²) in [7, 11) is -0.916. The summed E-state index contributed by atoms with van der Waals surface area (Å²) >= 11 is 1.67. The molecule has 3 heterocycles. The van der Waals surface area contributed by atoms with E-state index in [9.17, 15) is 13.2 Å². The molecule has 1 amide bonds. The molecule has 1 unspecified atom stereocenters. The van der Waals surface area contributed by atoms with E-state index in [1.165, 1.54) is 4.70 Å². The first-order valence-corrected chi connectivity index (χ1v) is 12.3. The van der Waals surface area contributed by atoms with Crippen LogP contribution in [0.25, 0.3) is 10.2 Å². The molecule has 9 heteroatoms. The number of benzene rings is 1. The average molecular weight is 423 g/mol. The van der Waals surface area contributed by atoms with Crippen LogP contribution in [0.2, 0.25) is 0 Å². The van der Waals surface area contributed by atoms with E-state index in [4.69, 9.17) is 0 Å². The first-order chi connectivity index (χ1) is 13.4. The molecule has 0 bridgehead atoms. The molecule has 28 heavy (non-hydrogen) atoms. The van der Waals surface area contributed by atoms with Crippen LogP contribution in [0.5, 0.6) is 0 Å². The normalized spacial score (nSPS) is 22.9. The number of para-hydroxylation sites is 1. The van der Waals surface area contributed by atoms with Gasteiger partial charge in [0, 0.05) is 32.2 Å². The fourth-order valence-electron chi connectivity index (χ4n) is 4.01. The minimum atomic E-state index is -2.86. The van der Waals surface area contributed by atoms with Crippen LogP contribution in [0.15, 0.2) is 24.3 Å². The lowest BCUT2D eigenvalue weighted by Gasteiger charge is -2.38. The van der Waals surface area contributed by atoms with Crippen LogP contribution in [-0.4, -0.2) is 91.3 Å². The van der Waals surface area contributed by atoms with Gasteiger partial charge in [0.25, 0.3) is 0 Å². The third kappa shape index (κ3) is 4.53. The topological polar surface area (TPSA) is 73.8 Å². The summed E-state index contributed by atoms with van der Waals surface area (Å²) in [6.07, 6.45) is 0.723. The molecule has 1 aromatic carbocycles. The van der Waals surface area contributed by atoms with Gasteiger partial charge in [0.2, 0.25) is 5.91 Å². The molecule has 7 nitrogen and oxygen atoms in total. The van der Waals surface area contributed by atoms with E-state index in [2.05, 4.69) is 16.0 Å². The van der Waals surface area contributed by atoms with Gasteiger partial charge in [-0.25, -0.2) is 13.4 Å². The Morgan fingerprint density at radius 3 is 2.68 bits per heavy atom. The molecule has 0 aliphatic carbocycles. The van der Waals surface area contributed by atoms with Crippen molar-refractivity contribution in [3.05, 3.63) is 29.3 Å². The van der Waals surface area contributed by atoms with E-state index in [1.54, 1.807) is 11.3 Å². The maximum absolute atomic E-state index is 12.7. The molecule has 0 spiro atoms. The van der Waals surface area contributed by atoms with Crippen molar-refractivity contribution < 1.29 is 13.2 Å². The zero-order chi connectivity index (χ0) is 19.7. The predicted molar refractivity (Wildman–Crippen MR) is 111 cm³/mol. The van der Waals surface area contributed by atoms with Gasteiger partial charge < -0.3 is 4.90 Å². The van der Waals surface area contributed by atoms with Crippen LogP contribution in [0.4, 0.5) is 0 Å². The third-order valence-corrected chi connectivity index (χ3v) is 8.31. The molecular formula is C19H26N4O3S2. The Bertz CT molecular complexity index is 918. The number of amides is 1. The molecule has 2 aliphatic rings. The molecule has 2 saturated heterocycles. The lowest BCUT2D eigenvalue weighted by molar-refractivity contribution is -0.134. The number of likely N-dealkylation sites (N-methyl/N-ethyl adjacent to an activating group) is 1. The SMILES string of the molecule is CN(CC(=O)N1CCN(C2CCS(=O)(=O)C2)CC1)Cc1nc2ccccc2s1. The Labute approximate surface area is 169 Å². The van der Waals surface area contributed by atoms with Gasteiger partial charge in [-0.1, -0.05) is 12.1 Å². The minimum Gasteiger partial charge on any atom is -0.339 e. The van der Waals surface area contributed by atoms with E-state index in [0.29, 0.717) is 31.9 Å². The van der Waals surface area contributed by atoms with Crippen molar-refractivity contribution in [2.75, 3.05) is 51.3 Å². The Balaban J connectivity index is 1.26. The van der Waals surface area contributed by atoms with Crippen LogP contribution < -0.4 is 0 Å². The number of hydrogen-bond acceptors (Lipinski definition) is 7. The number of sulfone groups is 1. The highest BCUT2D eigenvalue weighted by molar-refractivity contribution is 7.91. The second-order valence-corrected chi connectivity index (χ2v) is 11.1. The second kappa shape index (κ2) is 8.06. The maximum Gasteiger partial charge on any atom is 0.236 e. The van der Waals surface area contributed by atoms with E-state index >= 15 is 0 Å². The van der Waals surface area contributed by atoms with Gasteiger partial charge in [-0.2, -0.15) is 0 Å². The smallest absolute Gasteiger partial charge is 0.236 e. The van der Waals surface area contributed by atoms with Crippen molar-refractivity contribution in [2.24, 2.45) is 0 Å². The quantitative estimate of drug-likeness (QED) is 0.717. The van der Waals surface area contributed by atoms with Crippen molar-refractivity contribution >= 4 is 37.3 Å². The highest BCUT2D eigenvalue weighted by atomic mass is 32.2. The lowest BCUT2D eigenvalue weighted by atomic mass is 10.2. The highest BCUT2D eigenvalue weighted by Crippen LogP contribution is 2.22. The average Bonchev–Trinajstić information content (AvgIpc) is 3.23. The predicted octanol–water partition coefficient (Wildman–Crippen LogP) is 1.06. The van der Waals surface area contributed by atoms with E-state index in [-0.39, 0.29) is 17.7 Å². The largest absolute Gasteiger partial charge is 0.339 e. The minimum absolute atomic E-state index is 0.127. The fourth-order valence-corrected chi connectivity index (χ4v) is 6.81. The molecule has 2 aromatic rings. The summed E-state index contributed by atoms with van der Waals surface area (Å²) in [5.41, 5.74) is 1.01. The molecule has 2 aliphatic heterocycles. The maximum atomic E-state index is 12.7. The molecule has 0 N–H and O–H groups in total. The van der Waals surface area contributed by atoms with Gasteiger partial charge in [-0.15, -0.1) is 11.3 Å². The van der Waals surface area contributed by atoms with E-state index < -0.39 is 9.84 Å². The van der Waals surface area contributed by atoms with Crippen LogP contribution in [0.1, 0.15) is 11.4 Å². The Kier molecular flexibility index (Phi) is 5.69. The Hall–Kier alpha value is -1.55. The summed E-state index contributed by atoms with van der Waals surface area (Å²) in [5, 5.41) is 1.02. The fraction of sp³-hybridized carbons (Fsp3) is 0.579. The monoisotopic (exact) mass is 422 g/mol. The van der Waals surface area contributed by atoms with Gasteiger partial charge >= 0.3 is 0 Å². The van der Waals surface area contributed by atoms with Crippen molar-refractivity contribution in [3.63, 3.8) is 0 Å². The van der Waals surface area contributed by atoms with Crippen LogP contribution in [0.3, 0.4) is 0 Å². The number of fused-ring (bicyclic) bond motifs is 1. The van der Waals surface area contributed by atoms with E-state index in [0.717, 1.165) is 30.0 Å². The third-order valence-electron chi connectivity index (χ3n) is 5.54. The number of aromatic nitrogens is 1. The number of hydrogen-bond donors (Lipinski definition) is 0. The lowest BCUT2D eigenvalue weighted by Crippen LogP contribution is -2.53. The Morgan fingerprint density at radius 2 is 2.00 bits per heavy atom. The zero-order valence-corrected chi connectivity index (χ0v) is 17.7. The molecule has 152 valence electrons. The molecule has 1 atom stereocenters. The molecule has 4 rings (SSSR count). The molecule has 0 saturated carbocycles. The first kappa shape index (κ1) is 19.8. The first-order valence-electron chi connectivity index (χ1n) is 9.65. The standard InChI is InChI=1S/C19H26N4O3S2/c1-21(12-18-20-16-4-2-3-5-17(16)27-18)13-19(24)23-9-7-22(8-10-23)15-6-11-28(25,26)14-15/h2-5,15H,6-14H2,1H3. The number of carbonyl (C=O) groups excluding carboxylic acids is 1. The highest BCUT2D eigenvalue weighted by Gasteiger charge is 2.34. The summed E-state index contributed by atoms with van der Waals surface area (Å²) in [6, 6.07) is 8.20. The van der Waals surface area contributed by atoms with Crippen molar-refractivity contribution in [1.29, 1.82) is 0 Å². The number of nitrogens with zero attached hydrogens (tertiary/aromatic N) is 4. The van der Waals surface area contributed by atoms with Crippen molar-refractivity contribution in [2.45, 2.75) is 19.0 Å². The zero-order valence-electron chi connectivity index (χ0n) is 16.1. The van der Waals surface area contributed by atoms with Crippen molar-refractivity contribution in [1.82, 2.24) is 19.7 Å². The van der Waals surface area contributed by atoms with Gasteiger partial charge in [0.1, 0.15) is 5.01 Å².